The van der Waals surface area contributed by atoms with E-state index >= 15 is 0 Å². The van der Waals surface area contributed by atoms with Crippen LogP contribution in [0.4, 0.5) is 0 Å². The van der Waals surface area contributed by atoms with Crippen molar-refractivity contribution >= 4 is 33.2 Å². The summed E-state index contributed by atoms with van der Waals surface area (Å²) in [5, 5.41) is 8.81. The van der Waals surface area contributed by atoms with Crippen molar-refractivity contribution < 1.29 is 9.32 Å². The maximum absolute atomic E-state index is 12.3. The molecule has 0 atom stereocenters. The summed E-state index contributed by atoms with van der Waals surface area (Å²) in [4.78, 5) is 25.1. The van der Waals surface area contributed by atoms with Gasteiger partial charge in [0.05, 0.1) is 0 Å². The van der Waals surface area contributed by atoms with Crippen LogP contribution < -0.4 is 5.32 Å². The molecule has 9 heteroatoms. The van der Waals surface area contributed by atoms with Crippen LogP contribution in [0.15, 0.2) is 63.0 Å². The minimum Gasteiger partial charge on any atom is -0.346 e. The maximum atomic E-state index is 12.3. The van der Waals surface area contributed by atoms with Gasteiger partial charge in [0.25, 0.3) is 11.8 Å². The zero-order valence-electron chi connectivity index (χ0n) is 13.8. The highest BCUT2D eigenvalue weighted by molar-refractivity contribution is 9.10. The molecule has 0 aliphatic heterocycles. The molecule has 0 unspecified atom stereocenters. The second-order valence-corrected chi connectivity index (χ2v) is 7.26. The molecule has 1 amide bonds. The fraction of sp³-hybridized carbons (Fsp3) is 0.0556. The lowest BCUT2D eigenvalue weighted by atomic mass is 10.2. The molecule has 1 aromatic carbocycles. The first-order valence-corrected chi connectivity index (χ1v) is 9.60. The molecule has 0 aliphatic rings. The van der Waals surface area contributed by atoms with Gasteiger partial charge in [-0.1, -0.05) is 39.3 Å². The molecule has 0 fully saturated rings. The topological polar surface area (TPSA) is 93.8 Å². The Morgan fingerprint density at radius 1 is 1.15 bits per heavy atom. The molecule has 0 bridgehead atoms. The van der Waals surface area contributed by atoms with Crippen LogP contribution in [0.5, 0.6) is 0 Å². The minimum absolute atomic E-state index is 0.248. The maximum Gasteiger partial charge on any atom is 0.280 e. The number of halogens is 1. The average molecular weight is 442 g/mol. The third kappa shape index (κ3) is 4.09. The minimum atomic E-state index is -0.254. The third-order valence-corrected chi connectivity index (χ3v) is 4.91. The molecular formula is C18H12BrN5O2S. The Morgan fingerprint density at radius 2 is 2.07 bits per heavy atom. The number of benzene rings is 1. The van der Waals surface area contributed by atoms with E-state index in [4.69, 9.17) is 4.52 Å². The van der Waals surface area contributed by atoms with Crippen LogP contribution in [-0.2, 0) is 6.54 Å². The largest absolute Gasteiger partial charge is 0.346 e. The Morgan fingerprint density at radius 3 is 2.89 bits per heavy atom. The fourth-order valence-corrected chi connectivity index (χ4v) is 3.46. The summed E-state index contributed by atoms with van der Waals surface area (Å²) in [7, 11) is 0. The molecule has 3 aromatic heterocycles. The van der Waals surface area contributed by atoms with Gasteiger partial charge in [-0.15, -0.1) is 11.3 Å². The molecular weight excluding hydrogens is 430 g/mol. The predicted molar refractivity (Wildman–Crippen MR) is 104 cm³/mol. The molecule has 4 rings (SSSR count). The molecule has 3 heterocycles. The van der Waals surface area contributed by atoms with Gasteiger partial charge >= 0.3 is 0 Å². The average Bonchev–Trinajstić information content (AvgIpc) is 3.36. The summed E-state index contributed by atoms with van der Waals surface area (Å²) in [5.74, 6) is 0.368. The molecule has 0 saturated carbocycles. The van der Waals surface area contributed by atoms with E-state index in [0.29, 0.717) is 28.8 Å². The van der Waals surface area contributed by atoms with E-state index in [1.54, 1.807) is 17.6 Å². The van der Waals surface area contributed by atoms with E-state index in [1.165, 1.54) is 11.3 Å². The number of carbonyl (C=O) groups is 1. The summed E-state index contributed by atoms with van der Waals surface area (Å²) in [5.41, 5.74) is 2.06. The third-order valence-electron chi connectivity index (χ3n) is 3.58. The van der Waals surface area contributed by atoms with Crippen molar-refractivity contribution in [3.8, 4) is 23.1 Å². The number of amides is 1. The molecule has 134 valence electrons. The van der Waals surface area contributed by atoms with Crippen LogP contribution >= 0.6 is 27.3 Å². The second kappa shape index (κ2) is 7.77. The molecule has 0 aliphatic carbocycles. The zero-order valence-corrected chi connectivity index (χ0v) is 16.2. The van der Waals surface area contributed by atoms with Crippen LogP contribution in [0.2, 0.25) is 0 Å². The van der Waals surface area contributed by atoms with Crippen LogP contribution in [0.3, 0.4) is 0 Å². The summed E-state index contributed by atoms with van der Waals surface area (Å²) >= 11 is 4.63. The zero-order chi connectivity index (χ0) is 18.6. The first-order valence-electron chi connectivity index (χ1n) is 7.93. The Hall–Kier alpha value is -2.91. The summed E-state index contributed by atoms with van der Waals surface area (Å²) in [6.45, 7) is 0.414. The smallest absolute Gasteiger partial charge is 0.280 e. The summed E-state index contributed by atoms with van der Waals surface area (Å²) in [6.07, 6.45) is 1.65. The lowest BCUT2D eigenvalue weighted by Gasteiger charge is -2.03. The number of nitrogens with one attached hydrogen (secondary N) is 1. The number of thiazole rings is 1. The van der Waals surface area contributed by atoms with Gasteiger partial charge in [-0.3, -0.25) is 9.78 Å². The number of carbonyl (C=O) groups excluding carboxylic acids is 1. The summed E-state index contributed by atoms with van der Waals surface area (Å²) in [6, 6.07) is 13.2. The molecule has 4 aromatic rings. The van der Waals surface area contributed by atoms with Crippen molar-refractivity contribution in [3.05, 3.63) is 69.1 Å². The second-order valence-electron chi connectivity index (χ2n) is 5.49. The van der Waals surface area contributed by atoms with Crippen molar-refractivity contribution in [2.75, 3.05) is 0 Å². The highest BCUT2D eigenvalue weighted by Crippen LogP contribution is 2.23. The number of hydrogen-bond donors (Lipinski definition) is 1. The van der Waals surface area contributed by atoms with Gasteiger partial charge in [0, 0.05) is 22.6 Å². The Kier molecular flexibility index (Phi) is 5.03. The van der Waals surface area contributed by atoms with Crippen LogP contribution in [-0.4, -0.2) is 26.0 Å². The number of rotatable bonds is 5. The standard InChI is InChI=1S/C18H12BrN5O2S/c19-12-5-3-4-11(8-12)9-21-16(25)18-22-14(10-27-18)17-23-15(24-26-17)13-6-1-2-7-20-13/h1-8,10H,9H2,(H,21,25). The Bertz CT molecular complexity index is 1080. The van der Waals surface area contributed by atoms with Crippen LogP contribution in [0.1, 0.15) is 15.4 Å². The normalized spacial score (nSPS) is 10.7. The van der Waals surface area contributed by atoms with Crippen molar-refractivity contribution in [2.45, 2.75) is 6.54 Å². The van der Waals surface area contributed by atoms with Gasteiger partial charge in [-0.25, -0.2) is 4.98 Å². The van der Waals surface area contributed by atoms with Gasteiger partial charge in [-0.05, 0) is 29.8 Å². The van der Waals surface area contributed by atoms with Gasteiger partial charge in [0.1, 0.15) is 11.4 Å². The quantitative estimate of drug-likeness (QED) is 0.503. The van der Waals surface area contributed by atoms with E-state index in [0.717, 1.165) is 10.0 Å². The van der Waals surface area contributed by atoms with Crippen molar-refractivity contribution in [2.24, 2.45) is 0 Å². The highest BCUT2D eigenvalue weighted by atomic mass is 79.9. The number of aromatic nitrogens is 4. The van der Waals surface area contributed by atoms with E-state index in [9.17, 15) is 4.79 Å². The van der Waals surface area contributed by atoms with Crippen molar-refractivity contribution in [1.29, 1.82) is 0 Å². The SMILES string of the molecule is O=C(NCc1cccc(Br)c1)c1nc(-c2nc(-c3ccccn3)no2)cs1. The Balaban J connectivity index is 1.45. The molecule has 7 nitrogen and oxygen atoms in total. The predicted octanol–water partition coefficient (Wildman–Crippen LogP) is 3.95. The van der Waals surface area contributed by atoms with Crippen molar-refractivity contribution in [3.63, 3.8) is 0 Å². The number of pyridine rings is 1. The summed E-state index contributed by atoms with van der Waals surface area (Å²) < 4.78 is 6.21. The molecule has 1 N–H and O–H groups in total. The van der Waals surface area contributed by atoms with E-state index in [2.05, 4.69) is 41.4 Å². The number of hydrogen-bond acceptors (Lipinski definition) is 7. The van der Waals surface area contributed by atoms with Crippen molar-refractivity contribution in [1.82, 2.24) is 25.4 Å². The van der Waals surface area contributed by atoms with E-state index in [1.807, 2.05) is 36.4 Å². The lowest BCUT2D eigenvalue weighted by molar-refractivity contribution is 0.0950. The highest BCUT2D eigenvalue weighted by Gasteiger charge is 2.17. The van der Waals surface area contributed by atoms with Gasteiger partial charge < -0.3 is 9.84 Å². The molecule has 0 spiro atoms. The van der Waals surface area contributed by atoms with Gasteiger partial charge in [0.15, 0.2) is 5.01 Å². The fourth-order valence-electron chi connectivity index (χ4n) is 2.31. The molecule has 0 saturated heterocycles. The van der Waals surface area contributed by atoms with E-state index in [-0.39, 0.29) is 11.8 Å². The monoisotopic (exact) mass is 441 g/mol. The first kappa shape index (κ1) is 17.5. The first-order chi connectivity index (χ1) is 13.2. The molecule has 27 heavy (non-hydrogen) atoms. The van der Waals surface area contributed by atoms with E-state index < -0.39 is 0 Å². The molecule has 0 radical (unpaired) electrons. The van der Waals surface area contributed by atoms with Gasteiger partial charge in [0.2, 0.25) is 5.82 Å². The number of nitrogens with zero attached hydrogens (tertiary/aromatic N) is 4. The Labute approximate surface area is 166 Å². The lowest BCUT2D eigenvalue weighted by Crippen LogP contribution is -2.22. The van der Waals surface area contributed by atoms with Crippen LogP contribution in [0, 0.1) is 0 Å². The van der Waals surface area contributed by atoms with Gasteiger partial charge in [-0.2, -0.15) is 4.98 Å². The van der Waals surface area contributed by atoms with Crippen LogP contribution in [0.25, 0.3) is 23.1 Å².